The quantitative estimate of drug-likeness (QED) is 0.811. The van der Waals surface area contributed by atoms with Crippen molar-refractivity contribution in [3.63, 3.8) is 0 Å². The summed E-state index contributed by atoms with van der Waals surface area (Å²) in [6.07, 6.45) is 3.77. The maximum atomic E-state index is 6.02. The minimum Gasteiger partial charge on any atom is -0.385 e. The molecule has 3 rings (SSSR count). The SMILES string of the molecule is COCCCCC1CN2c3ccccc3NC2O1. The zero-order chi connectivity index (χ0) is 12.4. The minimum absolute atomic E-state index is 0.0369. The summed E-state index contributed by atoms with van der Waals surface area (Å²) in [5, 5.41) is 3.41. The van der Waals surface area contributed by atoms with Crippen LogP contribution in [0.2, 0.25) is 0 Å². The fourth-order valence-electron chi connectivity index (χ4n) is 2.71. The largest absolute Gasteiger partial charge is 0.385 e. The Balaban J connectivity index is 1.55. The summed E-state index contributed by atoms with van der Waals surface area (Å²) >= 11 is 0. The number of anilines is 2. The molecule has 1 saturated heterocycles. The van der Waals surface area contributed by atoms with Gasteiger partial charge in [-0.15, -0.1) is 0 Å². The Morgan fingerprint density at radius 3 is 3.17 bits per heavy atom. The number of rotatable bonds is 5. The smallest absolute Gasteiger partial charge is 0.208 e. The fourth-order valence-corrected chi connectivity index (χ4v) is 2.71. The Kier molecular flexibility index (Phi) is 3.39. The molecule has 1 aromatic rings. The van der Waals surface area contributed by atoms with E-state index in [4.69, 9.17) is 9.47 Å². The molecule has 2 aliphatic rings. The number of unbranched alkanes of at least 4 members (excludes halogenated alkanes) is 1. The van der Waals surface area contributed by atoms with Gasteiger partial charge >= 0.3 is 0 Å². The molecule has 0 saturated carbocycles. The van der Waals surface area contributed by atoms with Crippen molar-refractivity contribution in [1.82, 2.24) is 0 Å². The zero-order valence-corrected chi connectivity index (χ0v) is 10.8. The van der Waals surface area contributed by atoms with E-state index in [-0.39, 0.29) is 6.35 Å². The van der Waals surface area contributed by atoms with Crippen LogP contribution in [0.4, 0.5) is 11.4 Å². The summed E-state index contributed by atoms with van der Waals surface area (Å²) in [5.74, 6) is 0. The lowest BCUT2D eigenvalue weighted by molar-refractivity contribution is 0.0585. The summed E-state index contributed by atoms with van der Waals surface area (Å²) in [7, 11) is 1.75. The van der Waals surface area contributed by atoms with Gasteiger partial charge in [0.1, 0.15) is 0 Å². The van der Waals surface area contributed by atoms with Crippen molar-refractivity contribution in [2.75, 3.05) is 30.5 Å². The van der Waals surface area contributed by atoms with E-state index in [2.05, 4.69) is 34.5 Å². The van der Waals surface area contributed by atoms with Gasteiger partial charge in [-0.25, -0.2) is 0 Å². The second kappa shape index (κ2) is 5.16. The number of para-hydroxylation sites is 2. The van der Waals surface area contributed by atoms with Gasteiger partial charge in [-0.05, 0) is 31.4 Å². The number of benzene rings is 1. The molecule has 0 amide bonds. The average molecular weight is 248 g/mol. The van der Waals surface area contributed by atoms with Crippen LogP contribution in [-0.4, -0.2) is 32.7 Å². The third-order valence-electron chi connectivity index (χ3n) is 3.62. The Labute approximate surface area is 108 Å². The van der Waals surface area contributed by atoms with Crippen LogP contribution in [0.3, 0.4) is 0 Å². The topological polar surface area (TPSA) is 33.7 Å². The molecule has 4 nitrogen and oxygen atoms in total. The van der Waals surface area contributed by atoms with Crippen LogP contribution in [0.25, 0.3) is 0 Å². The molecule has 1 N–H and O–H groups in total. The number of fused-ring (bicyclic) bond motifs is 3. The van der Waals surface area contributed by atoms with E-state index in [1.807, 2.05) is 0 Å². The van der Waals surface area contributed by atoms with Gasteiger partial charge in [0.05, 0.1) is 17.5 Å². The summed E-state index contributed by atoms with van der Waals surface area (Å²) in [6.45, 7) is 1.84. The number of ether oxygens (including phenoxy) is 2. The first-order chi connectivity index (χ1) is 8.88. The monoisotopic (exact) mass is 248 g/mol. The second-order valence-electron chi connectivity index (χ2n) is 4.91. The van der Waals surface area contributed by atoms with Crippen LogP contribution in [0.1, 0.15) is 19.3 Å². The molecule has 0 aromatic heterocycles. The second-order valence-corrected chi connectivity index (χ2v) is 4.91. The van der Waals surface area contributed by atoms with Gasteiger partial charge in [-0.2, -0.15) is 0 Å². The van der Waals surface area contributed by atoms with Crippen molar-refractivity contribution < 1.29 is 9.47 Å². The highest BCUT2D eigenvalue weighted by Crippen LogP contribution is 2.38. The lowest BCUT2D eigenvalue weighted by Crippen LogP contribution is -2.29. The van der Waals surface area contributed by atoms with E-state index < -0.39 is 0 Å². The predicted octanol–water partition coefficient (Wildman–Crippen LogP) is 2.42. The van der Waals surface area contributed by atoms with Gasteiger partial charge in [-0.1, -0.05) is 12.1 Å². The molecule has 18 heavy (non-hydrogen) atoms. The van der Waals surface area contributed by atoms with E-state index >= 15 is 0 Å². The van der Waals surface area contributed by atoms with Gasteiger partial charge in [0.15, 0.2) is 0 Å². The molecule has 98 valence electrons. The molecule has 0 aliphatic carbocycles. The number of hydrogen-bond acceptors (Lipinski definition) is 4. The van der Waals surface area contributed by atoms with Crippen LogP contribution in [-0.2, 0) is 9.47 Å². The van der Waals surface area contributed by atoms with Crippen LogP contribution in [0.15, 0.2) is 24.3 Å². The molecule has 2 heterocycles. The molecule has 0 spiro atoms. The van der Waals surface area contributed by atoms with Gasteiger partial charge in [0.2, 0.25) is 6.35 Å². The highest BCUT2D eigenvalue weighted by atomic mass is 16.5. The number of nitrogens with zero attached hydrogens (tertiary/aromatic N) is 1. The first kappa shape index (κ1) is 11.8. The lowest BCUT2D eigenvalue weighted by atomic mass is 10.1. The molecule has 1 fully saturated rings. The average Bonchev–Trinajstić information content (AvgIpc) is 2.91. The van der Waals surface area contributed by atoms with Gasteiger partial charge < -0.3 is 19.7 Å². The van der Waals surface area contributed by atoms with Gasteiger partial charge in [0.25, 0.3) is 0 Å². The Hall–Kier alpha value is -1.26. The van der Waals surface area contributed by atoms with E-state index in [1.165, 1.54) is 17.8 Å². The molecule has 2 aliphatic heterocycles. The molecule has 1 aromatic carbocycles. The summed E-state index contributed by atoms with van der Waals surface area (Å²) < 4.78 is 11.1. The standard InChI is InChI=1S/C14H20N2O2/c1-17-9-5-4-6-11-10-16-13-8-3-2-7-12(13)15-14(16)18-11/h2-3,7-8,11,14-15H,4-6,9-10H2,1H3. The summed E-state index contributed by atoms with van der Waals surface area (Å²) in [5.41, 5.74) is 2.45. The van der Waals surface area contributed by atoms with Crippen molar-refractivity contribution >= 4 is 11.4 Å². The van der Waals surface area contributed by atoms with E-state index in [0.717, 1.165) is 26.0 Å². The molecule has 4 heteroatoms. The molecule has 2 atom stereocenters. The highest BCUT2D eigenvalue weighted by Gasteiger charge is 2.38. The van der Waals surface area contributed by atoms with Crippen molar-refractivity contribution in [2.24, 2.45) is 0 Å². The first-order valence-corrected chi connectivity index (χ1v) is 6.65. The van der Waals surface area contributed by atoms with E-state index in [9.17, 15) is 0 Å². The number of nitrogens with one attached hydrogen (secondary N) is 1. The van der Waals surface area contributed by atoms with Crippen molar-refractivity contribution in [2.45, 2.75) is 31.7 Å². The van der Waals surface area contributed by atoms with Crippen molar-refractivity contribution in [3.8, 4) is 0 Å². The molecular weight excluding hydrogens is 228 g/mol. The Morgan fingerprint density at radius 2 is 2.28 bits per heavy atom. The molecule has 0 bridgehead atoms. The van der Waals surface area contributed by atoms with Crippen LogP contribution < -0.4 is 10.2 Å². The fraction of sp³-hybridized carbons (Fsp3) is 0.571. The Morgan fingerprint density at radius 1 is 1.39 bits per heavy atom. The Bertz CT molecular complexity index is 411. The number of hydrogen-bond donors (Lipinski definition) is 1. The van der Waals surface area contributed by atoms with Gasteiger partial charge in [-0.3, -0.25) is 0 Å². The maximum Gasteiger partial charge on any atom is 0.208 e. The van der Waals surface area contributed by atoms with Crippen LogP contribution >= 0.6 is 0 Å². The highest BCUT2D eigenvalue weighted by molar-refractivity contribution is 5.75. The van der Waals surface area contributed by atoms with E-state index in [1.54, 1.807) is 7.11 Å². The van der Waals surface area contributed by atoms with Crippen molar-refractivity contribution in [3.05, 3.63) is 24.3 Å². The third-order valence-corrected chi connectivity index (χ3v) is 3.62. The van der Waals surface area contributed by atoms with Gasteiger partial charge in [0, 0.05) is 20.3 Å². The van der Waals surface area contributed by atoms with Crippen LogP contribution in [0, 0.1) is 0 Å². The summed E-state index contributed by atoms with van der Waals surface area (Å²) in [4.78, 5) is 2.32. The minimum atomic E-state index is 0.0369. The maximum absolute atomic E-state index is 6.02. The normalized spacial score (nSPS) is 24.8. The zero-order valence-electron chi connectivity index (χ0n) is 10.8. The molecular formula is C14H20N2O2. The predicted molar refractivity (Wildman–Crippen MR) is 71.8 cm³/mol. The molecule has 2 unspecified atom stereocenters. The van der Waals surface area contributed by atoms with E-state index in [0.29, 0.717) is 6.10 Å². The summed E-state index contributed by atoms with van der Waals surface area (Å²) in [6, 6.07) is 8.38. The number of methoxy groups -OCH3 is 1. The lowest BCUT2D eigenvalue weighted by Gasteiger charge is -2.14. The molecule has 0 radical (unpaired) electrons. The first-order valence-electron chi connectivity index (χ1n) is 6.65. The third kappa shape index (κ3) is 2.18. The van der Waals surface area contributed by atoms with Crippen LogP contribution in [0.5, 0.6) is 0 Å². The van der Waals surface area contributed by atoms with Crippen molar-refractivity contribution in [1.29, 1.82) is 0 Å².